The van der Waals surface area contributed by atoms with Gasteiger partial charge in [0.15, 0.2) is 0 Å². The number of nitrogens with zero attached hydrogens (tertiary/aromatic N) is 2. The lowest BCUT2D eigenvalue weighted by molar-refractivity contribution is -0.138. The lowest BCUT2D eigenvalue weighted by Crippen LogP contribution is -2.44. The van der Waals surface area contributed by atoms with E-state index in [-0.39, 0.29) is 5.92 Å². The molecule has 2 heterocycles. The normalized spacial score (nSPS) is 18.6. The van der Waals surface area contributed by atoms with Crippen LogP contribution in [0, 0.1) is 5.92 Å². The van der Waals surface area contributed by atoms with Gasteiger partial charge in [-0.3, -0.25) is 9.69 Å². The molecule has 0 atom stereocenters. The largest absolute Gasteiger partial charge is 0.338 e. The van der Waals surface area contributed by atoms with Gasteiger partial charge in [-0.15, -0.1) is 0 Å². The highest BCUT2D eigenvalue weighted by Crippen LogP contribution is 2.25. The average molecular weight is 369 g/mol. The quantitative estimate of drug-likeness (QED) is 0.813. The van der Waals surface area contributed by atoms with Crippen LogP contribution in [0.2, 0.25) is 5.02 Å². The monoisotopic (exact) mass is 368 g/mol. The lowest BCUT2D eigenvalue weighted by Gasteiger charge is -2.36. The number of carbonyl (C=O) groups is 1. The van der Waals surface area contributed by atoms with E-state index in [0.29, 0.717) is 5.91 Å². The molecule has 0 bridgehead atoms. The van der Waals surface area contributed by atoms with E-state index >= 15 is 0 Å². The fourth-order valence-electron chi connectivity index (χ4n) is 4.17. The van der Waals surface area contributed by atoms with Crippen LogP contribution in [0.3, 0.4) is 0 Å². The molecule has 4 rings (SSSR count). The summed E-state index contributed by atoms with van der Waals surface area (Å²) in [6, 6.07) is 16.6. The molecule has 1 fully saturated rings. The number of piperidine rings is 1. The molecule has 0 N–H and O–H groups in total. The molecule has 0 aliphatic carbocycles. The first-order valence-electron chi connectivity index (χ1n) is 9.51. The summed E-state index contributed by atoms with van der Waals surface area (Å²) < 4.78 is 0. The van der Waals surface area contributed by atoms with Crippen LogP contribution in [0.25, 0.3) is 0 Å². The number of hydrogen-bond donors (Lipinski definition) is 0. The zero-order valence-electron chi connectivity index (χ0n) is 15.0. The van der Waals surface area contributed by atoms with Gasteiger partial charge in [0.2, 0.25) is 5.91 Å². The number of fused-ring (bicyclic) bond motifs is 1. The number of rotatable bonds is 3. The van der Waals surface area contributed by atoms with Crippen molar-refractivity contribution >= 4 is 17.5 Å². The first kappa shape index (κ1) is 17.6. The van der Waals surface area contributed by atoms with E-state index in [9.17, 15) is 4.79 Å². The number of likely N-dealkylation sites (tertiary alicyclic amines) is 1. The number of carbonyl (C=O) groups excluding carboxylic acids is 1. The van der Waals surface area contributed by atoms with Crippen LogP contribution < -0.4 is 0 Å². The molecule has 1 saturated heterocycles. The van der Waals surface area contributed by atoms with Gasteiger partial charge in [-0.2, -0.15) is 0 Å². The molecule has 0 aromatic heterocycles. The molecule has 136 valence electrons. The zero-order valence-corrected chi connectivity index (χ0v) is 15.8. The minimum atomic E-state index is 0.177. The minimum absolute atomic E-state index is 0.177. The van der Waals surface area contributed by atoms with Gasteiger partial charge in [0.1, 0.15) is 0 Å². The molecule has 0 spiro atoms. The zero-order chi connectivity index (χ0) is 17.9. The maximum absolute atomic E-state index is 13.0. The Morgan fingerprint density at radius 3 is 2.54 bits per heavy atom. The number of benzene rings is 2. The van der Waals surface area contributed by atoms with Gasteiger partial charge in [0.25, 0.3) is 0 Å². The van der Waals surface area contributed by atoms with E-state index in [1.807, 2.05) is 18.2 Å². The van der Waals surface area contributed by atoms with Crippen molar-refractivity contribution in [2.24, 2.45) is 5.92 Å². The number of amides is 1. The molecule has 0 unspecified atom stereocenters. The standard InChI is InChI=1S/C22H25ClN2O/c23-21-7-3-4-17(14-21)15-24-11-8-19(9-12-24)22(26)25-13-10-18-5-1-2-6-20(18)16-25/h1-7,14,19H,8-13,15-16H2. The van der Waals surface area contributed by atoms with Crippen molar-refractivity contribution in [2.45, 2.75) is 32.4 Å². The first-order chi connectivity index (χ1) is 12.7. The predicted molar refractivity (Wildman–Crippen MR) is 105 cm³/mol. The Labute approximate surface area is 160 Å². The van der Waals surface area contributed by atoms with E-state index in [1.165, 1.54) is 16.7 Å². The Balaban J connectivity index is 1.31. The molecule has 2 aromatic carbocycles. The lowest BCUT2D eigenvalue weighted by atomic mass is 9.93. The summed E-state index contributed by atoms with van der Waals surface area (Å²) >= 11 is 6.08. The second-order valence-electron chi connectivity index (χ2n) is 7.46. The topological polar surface area (TPSA) is 23.6 Å². The van der Waals surface area contributed by atoms with Crippen LogP contribution >= 0.6 is 11.6 Å². The van der Waals surface area contributed by atoms with E-state index < -0.39 is 0 Å². The molecule has 2 aromatic rings. The van der Waals surface area contributed by atoms with Crippen molar-refractivity contribution in [3.8, 4) is 0 Å². The highest BCUT2D eigenvalue weighted by Gasteiger charge is 2.30. The molecule has 0 radical (unpaired) electrons. The van der Waals surface area contributed by atoms with Crippen molar-refractivity contribution in [3.05, 3.63) is 70.2 Å². The highest BCUT2D eigenvalue weighted by molar-refractivity contribution is 6.30. The van der Waals surface area contributed by atoms with Crippen LogP contribution in [0.1, 0.15) is 29.5 Å². The van der Waals surface area contributed by atoms with Crippen molar-refractivity contribution < 1.29 is 4.79 Å². The molecular formula is C22H25ClN2O. The maximum Gasteiger partial charge on any atom is 0.226 e. The van der Waals surface area contributed by atoms with Crippen molar-refractivity contribution in [3.63, 3.8) is 0 Å². The summed E-state index contributed by atoms with van der Waals surface area (Å²) in [5, 5.41) is 0.790. The summed E-state index contributed by atoms with van der Waals surface area (Å²) in [6.45, 7) is 4.51. The van der Waals surface area contributed by atoms with Crippen LogP contribution in [0.5, 0.6) is 0 Å². The minimum Gasteiger partial charge on any atom is -0.338 e. The second kappa shape index (κ2) is 7.81. The summed E-state index contributed by atoms with van der Waals surface area (Å²) in [5.41, 5.74) is 3.95. The molecule has 4 heteroatoms. The second-order valence-corrected chi connectivity index (χ2v) is 7.90. The first-order valence-corrected chi connectivity index (χ1v) is 9.89. The molecule has 3 nitrogen and oxygen atoms in total. The van der Waals surface area contributed by atoms with Crippen LogP contribution in [-0.2, 0) is 24.3 Å². The number of halogens is 1. The summed E-state index contributed by atoms with van der Waals surface area (Å²) in [4.78, 5) is 17.5. The Hall–Kier alpha value is -1.84. The van der Waals surface area contributed by atoms with Gasteiger partial charge < -0.3 is 4.90 Å². The van der Waals surface area contributed by atoms with E-state index in [0.717, 1.165) is 57.0 Å². The Bertz CT molecular complexity index is 783. The van der Waals surface area contributed by atoms with Crippen molar-refractivity contribution in [1.29, 1.82) is 0 Å². The fourth-order valence-corrected chi connectivity index (χ4v) is 4.39. The molecule has 1 amide bonds. The predicted octanol–water partition coefficient (Wildman–Crippen LogP) is 4.14. The Kier molecular flexibility index (Phi) is 5.28. The van der Waals surface area contributed by atoms with Crippen LogP contribution in [0.15, 0.2) is 48.5 Å². The highest BCUT2D eigenvalue weighted by atomic mass is 35.5. The summed E-state index contributed by atoms with van der Waals surface area (Å²) in [5.74, 6) is 0.526. The third kappa shape index (κ3) is 3.94. The van der Waals surface area contributed by atoms with E-state index in [4.69, 9.17) is 11.6 Å². The molecule has 2 aliphatic rings. The molecule has 0 saturated carbocycles. The Morgan fingerprint density at radius 1 is 1.00 bits per heavy atom. The maximum atomic E-state index is 13.0. The van der Waals surface area contributed by atoms with Gasteiger partial charge in [-0.1, -0.05) is 48.0 Å². The van der Waals surface area contributed by atoms with Gasteiger partial charge in [0.05, 0.1) is 0 Å². The van der Waals surface area contributed by atoms with Gasteiger partial charge in [-0.05, 0) is 61.2 Å². The smallest absolute Gasteiger partial charge is 0.226 e. The molecular weight excluding hydrogens is 344 g/mol. The third-order valence-corrected chi connectivity index (χ3v) is 5.91. The molecule has 26 heavy (non-hydrogen) atoms. The number of hydrogen-bond acceptors (Lipinski definition) is 2. The van der Waals surface area contributed by atoms with Gasteiger partial charge >= 0.3 is 0 Å². The van der Waals surface area contributed by atoms with E-state index in [2.05, 4.69) is 40.1 Å². The van der Waals surface area contributed by atoms with Gasteiger partial charge in [0, 0.05) is 30.6 Å². The fraction of sp³-hybridized carbons (Fsp3) is 0.409. The SMILES string of the molecule is O=C(C1CCN(Cc2cccc(Cl)c2)CC1)N1CCc2ccccc2C1. The van der Waals surface area contributed by atoms with Crippen LogP contribution in [-0.4, -0.2) is 35.3 Å². The van der Waals surface area contributed by atoms with Crippen LogP contribution in [0.4, 0.5) is 0 Å². The average Bonchev–Trinajstić information content (AvgIpc) is 2.68. The third-order valence-electron chi connectivity index (χ3n) is 5.67. The Morgan fingerprint density at radius 2 is 1.77 bits per heavy atom. The summed E-state index contributed by atoms with van der Waals surface area (Å²) in [6.07, 6.45) is 2.89. The summed E-state index contributed by atoms with van der Waals surface area (Å²) in [7, 11) is 0. The van der Waals surface area contributed by atoms with Crippen molar-refractivity contribution in [1.82, 2.24) is 9.80 Å². The van der Waals surface area contributed by atoms with Crippen molar-refractivity contribution in [2.75, 3.05) is 19.6 Å². The molecule has 2 aliphatic heterocycles. The van der Waals surface area contributed by atoms with Gasteiger partial charge in [-0.25, -0.2) is 0 Å². The van der Waals surface area contributed by atoms with E-state index in [1.54, 1.807) is 0 Å².